The number of hydrogen-bond acceptors (Lipinski definition) is 7. The molecule has 0 bridgehead atoms. The first-order chi connectivity index (χ1) is 12.6. The van der Waals surface area contributed by atoms with Gasteiger partial charge in [-0.3, -0.25) is 10.1 Å². The highest BCUT2D eigenvalue weighted by molar-refractivity contribution is 7.19. The van der Waals surface area contributed by atoms with Crippen LogP contribution in [0.15, 0.2) is 24.5 Å². The number of benzene rings is 1. The molecule has 2 heterocycles. The number of nitro benzene ring substituents is 1. The summed E-state index contributed by atoms with van der Waals surface area (Å²) in [6.07, 6.45) is 4.74. The lowest BCUT2D eigenvalue weighted by atomic mass is 9.89. The largest absolute Gasteiger partial charge is 0.495 e. The molecule has 1 unspecified atom stereocenters. The van der Waals surface area contributed by atoms with E-state index in [1.807, 2.05) is 0 Å². The zero-order chi connectivity index (χ0) is 18.3. The van der Waals surface area contributed by atoms with Gasteiger partial charge in [0.2, 0.25) is 0 Å². The Morgan fingerprint density at radius 1 is 1.38 bits per heavy atom. The zero-order valence-corrected chi connectivity index (χ0v) is 15.3. The summed E-state index contributed by atoms with van der Waals surface area (Å²) in [5.74, 6) is 1.87. The van der Waals surface area contributed by atoms with Crippen molar-refractivity contribution in [3.8, 4) is 5.75 Å². The van der Waals surface area contributed by atoms with E-state index in [1.165, 1.54) is 36.0 Å². The summed E-state index contributed by atoms with van der Waals surface area (Å²) >= 11 is 1.72. The van der Waals surface area contributed by atoms with Gasteiger partial charge in [0.15, 0.2) is 0 Å². The molecule has 1 atom stereocenters. The molecule has 1 aliphatic rings. The fourth-order valence-electron chi connectivity index (χ4n) is 3.40. The van der Waals surface area contributed by atoms with Crippen LogP contribution in [0, 0.1) is 16.0 Å². The second-order valence-electron chi connectivity index (χ2n) is 6.52. The minimum atomic E-state index is -0.423. The number of fused-ring (bicyclic) bond motifs is 3. The molecule has 2 aromatic heterocycles. The Labute approximate surface area is 154 Å². The van der Waals surface area contributed by atoms with Crippen LogP contribution < -0.4 is 10.1 Å². The van der Waals surface area contributed by atoms with E-state index >= 15 is 0 Å². The number of aromatic nitrogens is 2. The number of hydrogen-bond donors (Lipinski definition) is 1. The van der Waals surface area contributed by atoms with Crippen LogP contribution >= 0.6 is 11.3 Å². The Balaban J connectivity index is 1.81. The van der Waals surface area contributed by atoms with Gasteiger partial charge in [0.25, 0.3) is 5.69 Å². The van der Waals surface area contributed by atoms with Crippen molar-refractivity contribution in [2.75, 3.05) is 12.4 Å². The first-order valence-corrected chi connectivity index (χ1v) is 9.23. The summed E-state index contributed by atoms with van der Waals surface area (Å²) in [5, 5.41) is 15.4. The molecule has 8 heteroatoms. The van der Waals surface area contributed by atoms with E-state index in [-0.39, 0.29) is 5.69 Å². The van der Waals surface area contributed by atoms with Crippen LogP contribution in [0.25, 0.3) is 10.2 Å². The van der Waals surface area contributed by atoms with Crippen molar-refractivity contribution < 1.29 is 9.66 Å². The van der Waals surface area contributed by atoms with Gasteiger partial charge in [-0.05, 0) is 36.8 Å². The first kappa shape index (κ1) is 16.7. The van der Waals surface area contributed by atoms with Crippen LogP contribution in [-0.4, -0.2) is 22.0 Å². The van der Waals surface area contributed by atoms with Gasteiger partial charge < -0.3 is 10.1 Å². The normalized spacial score (nSPS) is 16.3. The lowest BCUT2D eigenvalue weighted by molar-refractivity contribution is -0.384. The number of anilines is 2. The summed E-state index contributed by atoms with van der Waals surface area (Å²) in [6, 6.07) is 4.48. The van der Waals surface area contributed by atoms with Gasteiger partial charge in [0.05, 0.1) is 23.1 Å². The number of ether oxygens (including phenoxy) is 1. The summed E-state index contributed by atoms with van der Waals surface area (Å²) in [5.41, 5.74) is 1.82. The molecule has 7 nitrogen and oxygen atoms in total. The molecule has 1 N–H and O–H groups in total. The van der Waals surface area contributed by atoms with E-state index in [9.17, 15) is 10.1 Å². The number of non-ortho nitro benzene ring substituents is 1. The third kappa shape index (κ3) is 2.86. The smallest absolute Gasteiger partial charge is 0.271 e. The maximum absolute atomic E-state index is 11.1. The Morgan fingerprint density at radius 3 is 3.00 bits per heavy atom. The van der Waals surface area contributed by atoms with Gasteiger partial charge in [-0.15, -0.1) is 11.3 Å². The second-order valence-corrected chi connectivity index (χ2v) is 7.60. The van der Waals surface area contributed by atoms with Gasteiger partial charge in [0, 0.05) is 17.0 Å². The molecular formula is C18H18N4O3S. The van der Waals surface area contributed by atoms with Crippen molar-refractivity contribution in [2.45, 2.75) is 26.2 Å². The highest BCUT2D eigenvalue weighted by Crippen LogP contribution is 2.41. The Kier molecular flexibility index (Phi) is 4.20. The van der Waals surface area contributed by atoms with Crippen LogP contribution in [-0.2, 0) is 12.8 Å². The van der Waals surface area contributed by atoms with Crippen LogP contribution in [0.4, 0.5) is 17.2 Å². The third-order valence-electron chi connectivity index (χ3n) is 4.74. The molecule has 0 spiro atoms. The van der Waals surface area contributed by atoms with Gasteiger partial charge >= 0.3 is 0 Å². The number of rotatable bonds is 4. The quantitative estimate of drug-likeness (QED) is 0.538. The number of nitrogens with one attached hydrogen (secondary N) is 1. The van der Waals surface area contributed by atoms with Gasteiger partial charge in [-0.25, -0.2) is 9.97 Å². The van der Waals surface area contributed by atoms with E-state index in [2.05, 4.69) is 22.2 Å². The Hall–Kier alpha value is -2.74. The molecule has 0 amide bonds. The van der Waals surface area contributed by atoms with Crippen LogP contribution in [0.2, 0.25) is 0 Å². The monoisotopic (exact) mass is 370 g/mol. The van der Waals surface area contributed by atoms with E-state index < -0.39 is 4.92 Å². The maximum Gasteiger partial charge on any atom is 0.271 e. The van der Waals surface area contributed by atoms with Crippen molar-refractivity contribution in [1.82, 2.24) is 9.97 Å². The summed E-state index contributed by atoms with van der Waals surface area (Å²) in [7, 11) is 1.54. The summed E-state index contributed by atoms with van der Waals surface area (Å²) in [4.78, 5) is 21.8. The molecule has 3 aromatic rings. The van der Waals surface area contributed by atoms with E-state index in [1.54, 1.807) is 17.4 Å². The number of thiophene rings is 1. The maximum atomic E-state index is 11.1. The molecule has 0 aliphatic heterocycles. The molecule has 134 valence electrons. The molecule has 0 saturated carbocycles. The molecule has 26 heavy (non-hydrogen) atoms. The van der Waals surface area contributed by atoms with Crippen molar-refractivity contribution in [3.63, 3.8) is 0 Å². The van der Waals surface area contributed by atoms with Gasteiger partial charge in [0.1, 0.15) is 22.7 Å². The van der Waals surface area contributed by atoms with E-state index in [0.717, 1.165) is 29.5 Å². The fraction of sp³-hybridized carbons (Fsp3) is 0.333. The zero-order valence-electron chi connectivity index (χ0n) is 14.5. The predicted octanol–water partition coefficient (Wildman–Crippen LogP) is 4.48. The summed E-state index contributed by atoms with van der Waals surface area (Å²) < 4.78 is 5.35. The highest BCUT2D eigenvalue weighted by Gasteiger charge is 2.23. The van der Waals surface area contributed by atoms with E-state index in [0.29, 0.717) is 23.2 Å². The second kappa shape index (κ2) is 6.53. The Morgan fingerprint density at radius 2 is 2.23 bits per heavy atom. The lowest BCUT2D eigenvalue weighted by Gasteiger charge is -2.18. The van der Waals surface area contributed by atoms with Crippen molar-refractivity contribution in [3.05, 3.63) is 45.1 Å². The van der Waals surface area contributed by atoms with Crippen molar-refractivity contribution in [1.29, 1.82) is 0 Å². The molecule has 1 aliphatic carbocycles. The minimum Gasteiger partial charge on any atom is -0.495 e. The minimum absolute atomic E-state index is 0.000211. The average Bonchev–Trinajstić information content (AvgIpc) is 2.99. The predicted molar refractivity (Wildman–Crippen MR) is 102 cm³/mol. The number of aryl methyl sites for hydroxylation is 1. The molecule has 0 fully saturated rings. The van der Waals surface area contributed by atoms with Gasteiger partial charge in [-0.2, -0.15) is 0 Å². The molecule has 1 aromatic carbocycles. The number of nitro groups is 1. The molecule has 4 rings (SSSR count). The lowest BCUT2D eigenvalue weighted by Crippen LogP contribution is -2.09. The number of methoxy groups -OCH3 is 1. The average molecular weight is 370 g/mol. The SMILES string of the molecule is COc1ccc([N+](=O)[O-])cc1Nc1ncnc2sc3c(c12)CCC(C)C3. The molecular weight excluding hydrogens is 352 g/mol. The van der Waals surface area contributed by atoms with E-state index in [4.69, 9.17) is 4.74 Å². The van der Waals surface area contributed by atoms with Crippen molar-refractivity contribution >= 4 is 38.7 Å². The first-order valence-electron chi connectivity index (χ1n) is 8.41. The van der Waals surface area contributed by atoms with Crippen LogP contribution in [0.3, 0.4) is 0 Å². The van der Waals surface area contributed by atoms with Crippen LogP contribution in [0.1, 0.15) is 23.8 Å². The standard InChI is InChI=1S/C18H18N4O3S/c1-10-3-5-12-15(7-10)26-18-16(12)17(19-9-20-18)21-13-8-11(22(23)24)4-6-14(13)25-2/h4,6,8-10H,3,5,7H2,1-2H3,(H,19,20,21). The van der Waals surface area contributed by atoms with Gasteiger partial charge in [-0.1, -0.05) is 6.92 Å². The highest BCUT2D eigenvalue weighted by atomic mass is 32.1. The topological polar surface area (TPSA) is 90.2 Å². The molecule has 0 saturated heterocycles. The molecule has 0 radical (unpaired) electrons. The number of nitrogens with zero attached hydrogens (tertiary/aromatic N) is 3. The van der Waals surface area contributed by atoms with Crippen molar-refractivity contribution in [2.24, 2.45) is 5.92 Å². The third-order valence-corrected chi connectivity index (χ3v) is 5.90. The Bertz CT molecular complexity index is 1000. The summed E-state index contributed by atoms with van der Waals surface area (Å²) in [6.45, 7) is 2.27. The van der Waals surface area contributed by atoms with Crippen LogP contribution in [0.5, 0.6) is 5.75 Å². The fourth-order valence-corrected chi connectivity index (χ4v) is 4.76.